The largest absolute Gasteiger partial charge is 0.505 e. The van der Waals surface area contributed by atoms with Crippen LogP contribution in [0.3, 0.4) is 0 Å². The first-order chi connectivity index (χ1) is 18.5. The van der Waals surface area contributed by atoms with Crippen LogP contribution in [0.4, 0.5) is 17.1 Å². The monoisotopic (exact) mass is 587 g/mol. The molecule has 9 nitrogen and oxygen atoms in total. The predicted molar refractivity (Wildman–Crippen MR) is 151 cm³/mol. The molecule has 0 unspecified atom stereocenters. The van der Waals surface area contributed by atoms with Crippen LogP contribution in [0.25, 0.3) is 10.8 Å². The van der Waals surface area contributed by atoms with Crippen molar-refractivity contribution in [3.8, 4) is 11.5 Å². The molecular weight excluding hydrogens is 565 g/mol. The van der Waals surface area contributed by atoms with Crippen LogP contribution in [0.15, 0.2) is 75.8 Å². The van der Waals surface area contributed by atoms with Gasteiger partial charge in [-0.25, -0.2) is 0 Å². The highest BCUT2D eigenvalue weighted by atomic mass is 35.5. The highest BCUT2D eigenvalue weighted by Gasteiger charge is 2.23. The number of aromatic hydroxyl groups is 1. The summed E-state index contributed by atoms with van der Waals surface area (Å²) in [4.78, 5) is 12.7. The molecule has 0 saturated heterocycles. The van der Waals surface area contributed by atoms with Crippen LogP contribution in [0.1, 0.15) is 29.8 Å². The Hall–Kier alpha value is -3.70. The molecule has 39 heavy (non-hydrogen) atoms. The summed E-state index contributed by atoms with van der Waals surface area (Å²) in [5.41, 5.74) is 0.516. The first-order valence-corrected chi connectivity index (χ1v) is 13.9. The number of fused-ring (bicyclic) bond motifs is 1. The van der Waals surface area contributed by atoms with Crippen LogP contribution in [0.5, 0.6) is 11.5 Å². The number of halogens is 2. The predicted octanol–water partition coefficient (Wildman–Crippen LogP) is 7.73. The van der Waals surface area contributed by atoms with Crippen molar-refractivity contribution in [2.45, 2.75) is 25.2 Å². The van der Waals surface area contributed by atoms with Crippen molar-refractivity contribution in [3.05, 3.63) is 81.8 Å². The second-order valence-corrected chi connectivity index (χ2v) is 10.4. The molecule has 0 aliphatic carbocycles. The minimum Gasteiger partial charge on any atom is -0.505 e. The average Bonchev–Trinajstić information content (AvgIpc) is 2.89. The summed E-state index contributed by atoms with van der Waals surface area (Å²) in [6.45, 7) is 3.97. The van der Waals surface area contributed by atoms with E-state index in [2.05, 4.69) is 15.5 Å². The van der Waals surface area contributed by atoms with Gasteiger partial charge in [0.15, 0.2) is 5.75 Å². The second kappa shape index (κ2) is 11.6. The van der Waals surface area contributed by atoms with E-state index in [1.165, 1.54) is 24.3 Å². The number of hydrogen-bond donors (Lipinski definition) is 3. The van der Waals surface area contributed by atoms with Gasteiger partial charge in [0.1, 0.15) is 22.0 Å². The fourth-order valence-corrected chi connectivity index (χ4v) is 5.59. The van der Waals surface area contributed by atoms with E-state index in [4.69, 9.17) is 27.9 Å². The SMILES string of the molecule is CCOc1ccc(NC(=O)c2cc3ccccc3c(N=Nc3ccc(CC)c(S(=O)(=O)O)c3Cl)c2O)cc1Cl. The number of nitrogens with one attached hydrogen (secondary N) is 1. The Morgan fingerprint density at radius 2 is 1.77 bits per heavy atom. The minimum absolute atomic E-state index is 0.0352. The van der Waals surface area contributed by atoms with Gasteiger partial charge in [0.2, 0.25) is 0 Å². The molecule has 0 saturated carbocycles. The molecule has 4 aromatic carbocycles. The number of anilines is 1. The van der Waals surface area contributed by atoms with Crippen LogP contribution >= 0.6 is 23.2 Å². The molecule has 3 N–H and O–H groups in total. The number of azo groups is 1. The Morgan fingerprint density at radius 1 is 1.03 bits per heavy atom. The normalized spacial score (nSPS) is 11.7. The first-order valence-electron chi connectivity index (χ1n) is 11.7. The first kappa shape index (κ1) is 28.3. The maximum Gasteiger partial charge on any atom is 0.296 e. The van der Waals surface area contributed by atoms with Crippen LogP contribution in [0.2, 0.25) is 10.0 Å². The molecular formula is C27H23Cl2N3O6S. The maximum absolute atomic E-state index is 13.2. The summed E-state index contributed by atoms with van der Waals surface area (Å²) in [6, 6.07) is 16.1. The number of phenols is 1. The fraction of sp³-hybridized carbons (Fsp3) is 0.148. The number of phenolic OH excluding ortho intramolecular Hbond substituents is 1. The molecule has 0 heterocycles. The molecule has 0 spiro atoms. The second-order valence-electron chi connectivity index (χ2n) is 8.29. The Labute approximate surface area is 234 Å². The van der Waals surface area contributed by atoms with E-state index in [0.29, 0.717) is 45.8 Å². The molecule has 4 aromatic rings. The number of carbonyl (C=O) groups is 1. The molecule has 0 aliphatic heterocycles. The molecule has 4 rings (SSSR count). The van der Waals surface area contributed by atoms with Gasteiger partial charge in [0, 0.05) is 11.1 Å². The molecule has 0 atom stereocenters. The lowest BCUT2D eigenvalue weighted by molar-refractivity contribution is 0.102. The van der Waals surface area contributed by atoms with Crippen LogP contribution in [0, 0.1) is 0 Å². The van der Waals surface area contributed by atoms with Gasteiger partial charge < -0.3 is 15.2 Å². The van der Waals surface area contributed by atoms with Crippen LogP contribution in [-0.4, -0.2) is 30.6 Å². The lowest BCUT2D eigenvalue weighted by atomic mass is 10.0. The van der Waals surface area contributed by atoms with Gasteiger partial charge in [-0.15, -0.1) is 10.2 Å². The number of hydrogen-bond acceptors (Lipinski definition) is 7. The summed E-state index contributed by atoms with van der Waals surface area (Å²) < 4.78 is 38.9. The minimum atomic E-state index is -4.63. The molecule has 0 fully saturated rings. The number of rotatable bonds is 8. The maximum atomic E-state index is 13.2. The van der Waals surface area contributed by atoms with E-state index >= 15 is 0 Å². The molecule has 12 heteroatoms. The molecule has 1 amide bonds. The van der Waals surface area contributed by atoms with Gasteiger partial charge >= 0.3 is 0 Å². The Balaban J connectivity index is 1.77. The van der Waals surface area contributed by atoms with Crippen LogP contribution < -0.4 is 10.1 Å². The Morgan fingerprint density at radius 3 is 2.44 bits per heavy atom. The third-order valence-electron chi connectivity index (χ3n) is 5.78. The quantitative estimate of drug-likeness (QED) is 0.142. The Bertz CT molecular complexity index is 1720. The van der Waals surface area contributed by atoms with Gasteiger partial charge in [-0.1, -0.05) is 60.5 Å². The van der Waals surface area contributed by atoms with Crippen molar-refractivity contribution in [3.63, 3.8) is 0 Å². The number of benzene rings is 4. The lowest BCUT2D eigenvalue weighted by Gasteiger charge is -2.12. The van der Waals surface area contributed by atoms with Gasteiger partial charge in [-0.05, 0) is 54.6 Å². The van der Waals surface area contributed by atoms with Gasteiger partial charge in [0.05, 0.1) is 22.2 Å². The van der Waals surface area contributed by atoms with Crippen molar-refractivity contribution >= 4 is 67.1 Å². The van der Waals surface area contributed by atoms with E-state index in [1.807, 2.05) is 6.92 Å². The van der Waals surface area contributed by atoms with E-state index in [-0.39, 0.29) is 22.0 Å². The highest BCUT2D eigenvalue weighted by Crippen LogP contribution is 2.41. The van der Waals surface area contributed by atoms with Crippen molar-refractivity contribution in [2.24, 2.45) is 10.2 Å². The van der Waals surface area contributed by atoms with Gasteiger partial charge in [-0.3, -0.25) is 9.35 Å². The van der Waals surface area contributed by atoms with Crippen molar-refractivity contribution < 1.29 is 27.6 Å². The third kappa shape index (κ3) is 5.99. The molecule has 0 bridgehead atoms. The van der Waals surface area contributed by atoms with E-state index in [1.54, 1.807) is 43.3 Å². The summed E-state index contributed by atoms with van der Waals surface area (Å²) >= 11 is 12.5. The summed E-state index contributed by atoms with van der Waals surface area (Å²) in [5, 5.41) is 23.0. The highest BCUT2D eigenvalue weighted by molar-refractivity contribution is 7.86. The van der Waals surface area contributed by atoms with Gasteiger partial charge in [0.25, 0.3) is 16.0 Å². The van der Waals surface area contributed by atoms with E-state index < -0.39 is 26.7 Å². The van der Waals surface area contributed by atoms with Crippen LogP contribution in [-0.2, 0) is 16.5 Å². The fourth-order valence-electron chi connectivity index (χ4n) is 3.97. The Kier molecular flexibility index (Phi) is 8.41. The van der Waals surface area contributed by atoms with E-state index in [9.17, 15) is 22.9 Å². The standard InChI is InChI=1S/C27H23Cl2N3O6S/c1-3-15-9-11-21(23(29)26(15)39(35,36)37)31-32-24-18-8-6-5-7-16(18)13-19(25(24)33)27(34)30-17-10-12-22(38-4-2)20(28)14-17/h5-14,33H,3-4H2,1-2H3,(H,30,34)(H,35,36,37). The smallest absolute Gasteiger partial charge is 0.296 e. The zero-order chi connectivity index (χ0) is 28.3. The molecule has 0 radical (unpaired) electrons. The average molecular weight is 588 g/mol. The number of amides is 1. The number of carbonyl (C=O) groups excluding carboxylic acids is 1. The molecule has 202 valence electrons. The van der Waals surface area contributed by atoms with Gasteiger partial charge in [-0.2, -0.15) is 8.42 Å². The topological polar surface area (TPSA) is 138 Å². The van der Waals surface area contributed by atoms with E-state index in [0.717, 1.165) is 0 Å². The summed E-state index contributed by atoms with van der Waals surface area (Å²) in [5.74, 6) is -0.617. The van der Waals surface area contributed by atoms with Crippen molar-refractivity contribution in [1.82, 2.24) is 0 Å². The lowest BCUT2D eigenvalue weighted by Crippen LogP contribution is -2.12. The molecule has 0 aromatic heterocycles. The molecule has 0 aliphatic rings. The van der Waals surface area contributed by atoms with Crippen molar-refractivity contribution in [1.29, 1.82) is 0 Å². The summed E-state index contributed by atoms with van der Waals surface area (Å²) in [7, 11) is -4.63. The number of aryl methyl sites for hydroxylation is 1. The number of ether oxygens (including phenoxy) is 1. The number of nitrogens with zero attached hydrogens (tertiary/aromatic N) is 2. The zero-order valence-electron chi connectivity index (χ0n) is 20.8. The van der Waals surface area contributed by atoms with Crippen molar-refractivity contribution in [2.75, 3.05) is 11.9 Å². The summed E-state index contributed by atoms with van der Waals surface area (Å²) in [6.07, 6.45) is 0.300. The third-order valence-corrected chi connectivity index (χ3v) is 7.56. The zero-order valence-corrected chi connectivity index (χ0v) is 23.1.